The fraction of sp³-hybridized carbons (Fsp3) is 0.571. The van der Waals surface area contributed by atoms with Crippen LogP contribution < -0.4 is 11.1 Å². The van der Waals surface area contributed by atoms with Gasteiger partial charge in [0.15, 0.2) is 0 Å². The molecule has 0 bridgehead atoms. The maximum atomic E-state index is 10.9. The number of aliphatic hydroxyl groups is 1. The lowest BCUT2D eigenvalue weighted by atomic mass is 10.1. The molecule has 62 valence electrons. The Labute approximate surface area is 65.1 Å². The minimum atomic E-state index is -0.408. The highest BCUT2D eigenvalue weighted by atomic mass is 16.3. The minimum Gasteiger partial charge on any atom is -0.394 e. The quantitative estimate of drug-likeness (QED) is 0.437. The van der Waals surface area contributed by atoms with Crippen LogP contribution in [0.5, 0.6) is 0 Å². The molecule has 0 spiro atoms. The molecule has 0 aromatic rings. The van der Waals surface area contributed by atoms with Crippen LogP contribution in [0.15, 0.2) is 11.6 Å². The van der Waals surface area contributed by atoms with E-state index in [1.807, 2.05) is 0 Å². The second kappa shape index (κ2) is 3.50. The Hall–Kier alpha value is -0.870. The third-order valence-electron chi connectivity index (χ3n) is 1.60. The number of amides is 1. The number of nitrogens with one attached hydrogen (secondary N) is 1. The van der Waals surface area contributed by atoms with Crippen LogP contribution in [-0.2, 0) is 4.79 Å². The first kappa shape index (κ1) is 8.23. The topological polar surface area (TPSA) is 75.3 Å². The highest BCUT2D eigenvalue weighted by Crippen LogP contribution is 2.07. The largest absolute Gasteiger partial charge is 0.394 e. The van der Waals surface area contributed by atoms with Crippen LogP contribution >= 0.6 is 0 Å². The Morgan fingerprint density at radius 1 is 1.82 bits per heavy atom. The van der Waals surface area contributed by atoms with E-state index in [9.17, 15) is 4.79 Å². The van der Waals surface area contributed by atoms with Crippen molar-refractivity contribution in [1.82, 2.24) is 5.32 Å². The molecule has 1 atom stereocenters. The van der Waals surface area contributed by atoms with E-state index in [1.54, 1.807) is 6.08 Å². The van der Waals surface area contributed by atoms with Crippen LogP contribution in [0, 0.1) is 0 Å². The zero-order valence-corrected chi connectivity index (χ0v) is 6.21. The molecular formula is C7H12N2O2. The van der Waals surface area contributed by atoms with Gasteiger partial charge in [-0.3, -0.25) is 4.79 Å². The highest BCUT2D eigenvalue weighted by Gasteiger charge is 2.16. The molecule has 1 rings (SSSR count). The van der Waals surface area contributed by atoms with E-state index in [4.69, 9.17) is 10.8 Å². The molecule has 4 nitrogen and oxygen atoms in total. The molecule has 1 amide bonds. The molecule has 4 heteroatoms. The van der Waals surface area contributed by atoms with Gasteiger partial charge in [-0.25, -0.2) is 0 Å². The van der Waals surface area contributed by atoms with Crippen molar-refractivity contribution < 1.29 is 9.90 Å². The summed E-state index contributed by atoms with van der Waals surface area (Å²) >= 11 is 0. The Morgan fingerprint density at radius 2 is 2.55 bits per heavy atom. The molecule has 11 heavy (non-hydrogen) atoms. The van der Waals surface area contributed by atoms with Gasteiger partial charge in [0, 0.05) is 18.2 Å². The van der Waals surface area contributed by atoms with Gasteiger partial charge in [0.25, 0.3) is 0 Å². The van der Waals surface area contributed by atoms with E-state index in [0.717, 1.165) is 0 Å². The Kier molecular flexibility index (Phi) is 2.62. The zero-order chi connectivity index (χ0) is 8.27. The van der Waals surface area contributed by atoms with Gasteiger partial charge in [-0.05, 0) is 6.42 Å². The molecule has 0 aromatic carbocycles. The molecule has 1 fully saturated rings. The minimum absolute atomic E-state index is 0.0612. The molecule has 1 aliphatic heterocycles. The highest BCUT2D eigenvalue weighted by molar-refractivity contribution is 5.95. The second-order valence-electron chi connectivity index (χ2n) is 2.54. The number of hydrogen-bond donors (Lipinski definition) is 3. The first-order valence-corrected chi connectivity index (χ1v) is 3.59. The van der Waals surface area contributed by atoms with Crippen molar-refractivity contribution in [1.29, 1.82) is 0 Å². The third-order valence-corrected chi connectivity index (χ3v) is 1.60. The van der Waals surface area contributed by atoms with Gasteiger partial charge in [-0.2, -0.15) is 0 Å². The number of carbonyl (C=O) groups is 1. The van der Waals surface area contributed by atoms with Crippen molar-refractivity contribution in [3.05, 3.63) is 11.6 Å². The standard InChI is InChI=1S/C7H12N2O2/c8-6(4-10)3-5-1-2-9-7(5)11/h3,6,10H,1-2,4,8H2,(H,9,11)/b5-3+/t6-/m0/s1. The van der Waals surface area contributed by atoms with E-state index in [2.05, 4.69) is 5.32 Å². The van der Waals surface area contributed by atoms with Crippen LogP contribution in [0.25, 0.3) is 0 Å². The Morgan fingerprint density at radius 3 is 3.00 bits per heavy atom. The van der Waals surface area contributed by atoms with E-state index in [1.165, 1.54) is 0 Å². The number of rotatable bonds is 2. The van der Waals surface area contributed by atoms with Crippen molar-refractivity contribution >= 4 is 5.91 Å². The van der Waals surface area contributed by atoms with Crippen molar-refractivity contribution in [2.24, 2.45) is 5.73 Å². The zero-order valence-electron chi connectivity index (χ0n) is 6.21. The van der Waals surface area contributed by atoms with Gasteiger partial charge in [-0.1, -0.05) is 6.08 Å². The van der Waals surface area contributed by atoms with Crippen LogP contribution in [0.4, 0.5) is 0 Å². The van der Waals surface area contributed by atoms with Gasteiger partial charge in [0.1, 0.15) is 0 Å². The molecule has 0 radical (unpaired) electrons. The van der Waals surface area contributed by atoms with Crippen LogP contribution in [0.2, 0.25) is 0 Å². The normalized spacial score (nSPS) is 23.8. The molecular weight excluding hydrogens is 144 g/mol. The molecule has 0 saturated carbocycles. The molecule has 1 aliphatic rings. The summed E-state index contributed by atoms with van der Waals surface area (Å²) in [6, 6.07) is -0.408. The van der Waals surface area contributed by atoms with E-state index < -0.39 is 6.04 Å². The summed E-state index contributed by atoms with van der Waals surface area (Å²) < 4.78 is 0. The average Bonchev–Trinajstić information content (AvgIpc) is 2.37. The molecule has 0 unspecified atom stereocenters. The Bertz CT molecular complexity index is 189. The Balaban J connectivity index is 2.57. The third kappa shape index (κ3) is 2.03. The lowest BCUT2D eigenvalue weighted by molar-refractivity contribution is -0.116. The number of carbonyl (C=O) groups excluding carboxylic acids is 1. The second-order valence-corrected chi connectivity index (χ2v) is 2.54. The monoisotopic (exact) mass is 156 g/mol. The van der Waals surface area contributed by atoms with Crippen LogP contribution in [-0.4, -0.2) is 30.2 Å². The molecule has 4 N–H and O–H groups in total. The van der Waals surface area contributed by atoms with Crippen LogP contribution in [0.3, 0.4) is 0 Å². The van der Waals surface area contributed by atoms with E-state index in [0.29, 0.717) is 18.5 Å². The van der Waals surface area contributed by atoms with Gasteiger partial charge < -0.3 is 16.2 Å². The van der Waals surface area contributed by atoms with Gasteiger partial charge in [0.05, 0.1) is 6.61 Å². The number of nitrogens with two attached hydrogens (primary N) is 1. The fourth-order valence-corrected chi connectivity index (χ4v) is 1.01. The van der Waals surface area contributed by atoms with Crippen molar-refractivity contribution in [2.45, 2.75) is 12.5 Å². The van der Waals surface area contributed by atoms with Crippen LogP contribution in [0.1, 0.15) is 6.42 Å². The maximum absolute atomic E-state index is 10.9. The summed E-state index contributed by atoms with van der Waals surface area (Å²) in [6.07, 6.45) is 2.33. The van der Waals surface area contributed by atoms with Crippen molar-refractivity contribution in [3.8, 4) is 0 Å². The molecule has 0 aliphatic carbocycles. The first-order chi connectivity index (χ1) is 5.24. The predicted octanol–water partition coefficient (Wildman–Crippen LogP) is -1.25. The van der Waals surface area contributed by atoms with Crippen molar-refractivity contribution in [3.63, 3.8) is 0 Å². The van der Waals surface area contributed by atoms with Crippen molar-refractivity contribution in [2.75, 3.05) is 13.2 Å². The molecule has 1 heterocycles. The van der Waals surface area contributed by atoms with E-state index in [-0.39, 0.29) is 12.5 Å². The number of aliphatic hydroxyl groups excluding tert-OH is 1. The summed E-state index contributed by atoms with van der Waals surface area (Å²) in [4.78, 5) is 10.9. The first-order valence-electron chi connectivity index (χ1n) is 3.59. The predicted molar refractivity (Wildman–Crippen MR) is 40.8 cm³/mol. The summed E-state index contributed by atoms with van der Waals surface area (Å²) in [6.45, 7) is 0.569. The fourth-order valence-electron chi connectivity index (χ4n) is 1.01. The lowest BCUT2D eigenvalue weighted by Gasteiger charge is -2.00. The van der Waals surface area contributed by atoms with Gasteiger partial charge in [-0.15, -0.1) is 0 Å². The lowest BCUT2D eigenvalue weighted by Crippen LogP contribution is -2.23. The van der Waals surface area contributed by atoms with E-state index >= 15 is 0 Å². The maximum Gasteiger partial charge on any atom is 0.247 e. The van der Waals surface area contributed by atoms with Gasteiger partial charge in [0.2, 0.25) is 5.91 Å². The SMILES string of the molecule is N[C@@H](/C=C1\CCNC1=O)CO. The summed E-state index contributed by atoms with van der Waals surface area (Å²) in [5, 5.41) is 11.2. The summed E-state index contributed by atoms with van der Waals surface area (Å²) in [5.74, 6) is -0.0612. The number of hydrogen-bond acceptors (Lipinski definition) is 3. The van der Waals surface area contributed by atoms with Gasteiger partial charge >= 0.3 is 0 Å². The summed E-state index contributed by atoms with van der Waals surface area (Å²) in [7, 11) is 0. The molecule has 1 saturated heterocycles. The smallest absolute Gasteiger partial charge is 0.247 e. The average molecular weight is 156 g/mol. The summed E-state index contributed by atoms with van der Waals surface area (Å²) in [5.41, 5.74) is 6.10. The molecule has 0 aromatic heterocycles.